The van der Waals surface area contributed by atoms with Gasteiger partial charge < -0.3 is 19.9 Å². The molecular formula is C26H33F3N4O4. The van der Waals surface area contributed by atoms with E-state index in [1.165, 1.54) is 0 Å². The Hall–Kier alpha value is -3.08. The number of aromatic nitrogens is 2. The first kappa shape index (κ1) is 27.0. The maximum atomic E-state index is 13.5. The van der Waals surface area contributed by atoms with Crippen molar-refractivity contribution in [3.05, 3.63) is 46.6 Å². The third-order valence-corrected chi connectivity index (χ3v) is 6.27. The van der Waals surface area contributed by atoms with Gasteiger partial charge in [-0.15, -0.1) is 0 Å². The van der Waals surface area contributed by atoms with Crippen molar-refractivity contribution in [2.75, 3.05) is 13.2 Å². The van der Waals surface area contributed by atoms with E-state index < -0.39 is 17.6 Å². The molecule has 2 aromatic rings. The van der Waals surface area contributed by atoms with Crippen LogP contribution in [0.3, 0.4) is 0 Å². The predicted octanol–water partition coefficient (Wildman–Crippen LogP) is 4.00. The molecule has 0 spiro atoms. The van der Waals surface area contributed by atoms with Crippen LogP contribution in [-0.4, -0.2) is 47.0 Å². The standard InChI is InChI=1S/C26H33F3N4O4/c1-25(2,3)13-18-12-22(33(32-18)14-19-5-4-10-36-19)31-24(35)20-11-16(26(27,28)29)6-8-21(20)37-15-17-7-9-23(34)30-17/h6,8,11-12,17,19,32H,4-5,7,9-10,13-15H2,1-3H3,(H,30,34)/b31-22+/t17-,19+/m0/s1. The van der Waals surface area contributed by atoms with Crippen molar-refractivity contribution in [3.63, 3.8) is 0 Å². The number of H-pyrrole nitrogens is 1. The van der Waals surface area contributed by atoms with Crippen LogP contribution in [0, 0.1) is 5.41 Å². The zero-order chi connectivity index (χ0) is 26.8. The van der Waals surface area contributed by atoms with Gasteiger partial charge in [-0.25, -0.2) is 0 Å². The van der Waals surface area contributed by atoms with E-state index in [2.05, 4.69) is 36.2 Å². The van der Waals surface area contributed by atoms with Crippen LogP contribution in [0.15, 0.2) is 29.3 Å². The van der Waals surface area contributed by atoms with E-state index in [-0.39, 0.29) is 41.4 Å². The van der Waals surface area contributed by atoms with Crippen molar-refractivity contribution < 1.29 is 32.2 Å². The van der Waals surface area contributed by atoms with Gasteiger partial charge in [0.25, 0.3) is 5.91 Å². The van der Waals surface area contributed by atoms with Gasteiger partial charge in [-0.1, -0.05) is 20.8 Å². The van der Waals surface area contributed by atoms with E-state index in [4.69, 9.17) is 9.47 Å². The molecule has 0 radical (unpaired) electrons. The third-order valence-electron chi connectivity index (χ3n) is 6.27. The Balaban J connectivity index is 1.67. The van der Waals surface area contributed by atoms with Gasteiger partial charge in [-0.2, -0.15) is 18.2 Å². The Morgan fingerprint density at radius 3 is 2.62 bits per heavy atom. The molecule has 4 rings (SSSR count). The molecule has 1 aromatic heterocycles. The number of benzene rings is 1. The molecule has 0 saturated carbocycles. The molecule has 8 nitrogen and oxygen atoms in total. The fourth-order valence-electron chi connectivity index (χ4n) is 4.54. The number of carbonyl (C=O) groups excluding carboxylic acids is 2. The van der Waals surface area contributed by atoms with E-state index in [1.807, 2.05) is 0 Å². The van der Waals surface area contributed by atoms with Crippen molar-refractivity contribution >= 4 is 11.8 Å². The average molecular weight is 523 g/mol. The van der Waals surface area contributed by atoms with Gasteiger partial charge >= 0.3 is 6.18 Å². The first-order valence-corrected chi connectivity index (χ1v) is 12.5. The predicted molar refractivity (Wildman–Crippen MR) is 129 cm³/mol. The number of ether oxygens (including phenoxy) is 2. The van der Waals surface area contributed by atoms with Gasteiger partial charge in [0, 0.05) is 24.8 Å². The topological polar surface area (TPSA) is 97.7 Å². The molecule has 37 heavy (non-hydrogen) atoms. The van der Waals surface area contributed by atoms with Crippen molar-refractivity contribution in [1.29, 1.82) is 0 Å². The second kappa shape index (κ2) is 10.7. The summed E-state index contributed by atoms with van der Waals surface area (Å²) in [6.07, 6.45) is -1.26. The fourth-order valence-corrected chi connectivity index (χ4v) is 4.54. The normalized spacial score (nSPS) is 20.9. The smallest absolute Gasteiger partial charge is 0.416 e. The Kier molecular flexibility index (Phi) is 7.82. The lowest BCUT2D eigenvalue weighted by molar-refractivity contribution is -0.137. The lowest BCUT2D eigenvalue weighted by Gasteiger charge is -2.16. The van der Waals surface area contributed by atoms with Gasteiger partial charge in [-0.05, 0) is 49.3 Å². The van der Waals surface area contributed by atoms with Gasteiger partial charge in [0.15, 0.2) is 5.49 Å². The molecule has 2 atom stereocenters. The lowest BCUT2D eigenvalue weighted by Crippen LogP contribution is -2.31. The van der Waals surface area contributed by atoms with E-state index >= 15 is 0 Å². The first-order valence-electron chi connectivity index (χ1n) is 12.5. The number of carbonyl (C=O) groups is 2. The van der Waals surface area contributed by atoms with Gasteiger partial charge in [-0.3, -0.25) is 14.3 Å². The molecule has 2 saturated heterocycles. The fraction of sp³-hybridized carbons (Fsp3) is 0.577. The number of amides is 2. The maximum Gasteiger partial charge on any atom is 0.416 e. The van der Waals surface area contributed by atoms with Crippen LogP contribution >= 0.6 is 0 Å². The molecule has 2 aliphatic heterocycles. The number of aromatic amines is 1. The number of alkyl halides is 3. The Morgan fingerprint density at radius 2 is 2.00 bits per heavy atom. The average Bonchev–Trinajstić information content (AvgIpc) is 3.53. The minimum absolute atomic E-state index is 0.0148. The van der Waals surface area contributed by atoms with Crippen molar-refractivity contribution in [2.24, 2.45) is 10.4 Å². The van der Waals surface area contributed by atoms with Crippen LogP contribution in [0.1, 0.15) is 68.1 Å². The van der Waals surface area contributed by atoms with Crippen molar-refractivity contribution in [1.82, 2.24) is 15.1 Å². The van der Waals surface area contributed by atoms with Crippen LogP contribution in [0.2, 0.25) is 0 Å². The van der Waals surface area contributed by atoms with E-state index in [0.717, 1.165) is 36.7 Å². The molecule has 0 unspecified atom stereocenters. The van der Waals surface area contributed by atoms with Crippen LogP contribution in [0.25, 0.3) is 0 Å². The van der Waals surface area contributed by atoms with E-state index in [0.29, 0.717) is 37.9 Å². The largest absolute Gasteiger partial charge is 0.491 e. The summed E-state index contributed by atoms with van der Waals surface area (Å²) in [7, 11) is 0. The Bertz CT molecular complexity index is 1200. The molecule has 11 heteroatoms. The molecule has 2 fully saturated rings. The minimum Gasteiger partial charge on any atom is -0.491 e. The van der Waals surface area contributed by atoms with E-state index in [1.54, 1.807) is 10.7 Å². The number of hydrogen-bond donors (Lipinski definition) is 2. The highest BCUT2D eigenvalue weighted by atomic mass is 19.4. The summed E-state index contributed by atoms with van der Waals surface area (Å²) in [5.74, 6) is -0.973. The molecule has 0 bridgehead atoms. The highest BCUT2D eigenvalue weighted by Gasteiger charge is 2.32. The molecule has 2 amide bonds. The quantitative estimate of drug-likeness (QED) is 0.575. The summed E-state index contributed by atoms with van der Waals surface area (Å²) >= 11 is 0. The second-order valence-corrected chi connectivity index (χ2v) is 10.9. The summed E-state index contributed by atoms with van der Waals surface area (Å²) in [6, 6.07) is 4.24. The van der Waals surface area contributed by atoms with Gasteiger partial charge in [0.05, 0.1) is 29.8 Å². The highest BCUT2D eigenvalue weighted by molar-refractivity contribution is 5.97. The molecule has 3 heterocycles. The van der Waals surface area contributed by atoms with E-state index in [9.17, 15) is 22.8 Å². The lowest BCUT2D eigenvalue weighted by atomic mass is 9.91. The van der Waals surface area contributed by atoms with Crippen LogP contribution in [0.4, 0.5) is 13.2 Å². The number of nitrogens with one attached hydrogen (secondary N) is 2. The monoisotopic (exact) mass is 522 g/mol. The molecule has 2 aliphatic rings. The molecule has 2 N–H and O–H groups in total. The number of rotatable bonds is 7. The minimum atomic E-state index is -4.64. The Labute approximate surface area is 213 Å². The maximum absolute atomic E-state index is 13.5. The van der Waals surface area contributed by atoms with Gasteiger partial charge in [0.2, 0.25) is 5.91 Å². The number of halogens is 3. The SMILES string of the molecule is CC(C)(C)Cc1c/c(=N\C(=O)c2cc(C(F)(F)F)ccc2OC[C@@H]2CCC(=O)N2)n(C[C@H]2CCCO2)[nH]1. The molecule has 202 valence electrons. The van der Waals surface area contributed by atoms with Crippen LogP contribution in [0.5, 0.6) is 5.75 Å². The first-order chi connectivity index (χ1) is 17.4. The second-order valence-electron chi connectivity index (χ2n) is 10.9. The highest BCUT2D eigenvalue weighted by Crippen LogP contribution is 2.33. The summed E-state index contributed by atoms with van der Waals surface area (Å²) in [4.78, 5) is 29.0. The third kappa shape index (κ3) is 7.24. The zero-order valence-corrected chi connectivity index (χ0v) is 21.3. The number of hydrogen-bond acceptors (Lipinski definition) is 4. The van der Waals surface area contributed by atoms with Crippen LogP contribution in [-0.2, 0) is 28.7 Å². The van der Waals surface area contributed by atoms with Crippen molar-refractivity contribution in [3.8, 4) is 5.75 Å². The molecule has 1 aromatic carbocycles. The molecule has 0 aliphatic carbocycles. The summed E-state index contributed by atoms with van der Waals surface area (Å²) in [6.45, 7) is 7.40. The Morgan fingerprint density at radius 1 is 1.22 bits per heavy atom. The summed E-state index contributed by atoms with van der Waals surface area (Å²) in [5, 5.41) is 6.02. The summed E-state index contributed by atoms with van der Waals surface area (Å²) < 4.78 is 53.5. The van der Waals surface area contributed by atoms with Crippen LogP contribution < -0.4 is 15.5 Å². The zero-order valence-electron chi connectivity index (χ0n) is 21.3. The van der Waals surface area contributed by atoms with Crippen molar-refractivity contribution in [2.45, 2.75) is 77.7 Å². The van der Waals surface area contributed by atoms with Gasteiger partial charge in [0.1, 0.15) is 12.4 Å². The summed E-state index contributed by atoms with van der Waals surface area (Å²) in [5.41, 5.74) is -0.129. The number of nitrogens with zero attached hydrogens (tertiary/aromatic N) is 2. The molecular weight excluding hydrogens is 489 g/mol.